The van der Waals surface area contributed by atoms with Gasteiger partial charge in [0.25, 0.3) is 0 Å². The van der Waals surface area contributed by atoms with E-state index in [0.717, 1.165) is 42.7 Å². The number of aryl methyl sites for hydroxylation is 2. The van der Waals surface area contributed by atoms with Gasteiger partial charge in [0.05, 0.1) is 6.04 Å². The molecule has 1 amide bonds. The van der Waals surface area contributed by atoms with Gasteiger partial charge in [-0.3, -0.25) is 9.69 Å². The molecule has 2 N–H and O–H groups in total. The van der Waals surface area contributed by atoms with Crippen molar-refractivity contribution in [2.45, 2.75) is 45.6 Å². The third kappa shape index (κ3) is 3.57. The number of carbonyl (C=O) groups excluding carboxylic acids is 1. The number of rotatable bonds is 4. The van der Waals surface area contributed by atoms with Gasteiger partial charge in [0.2, 0.25) is 5.91 Å². The van der Waals surface area contributed by atoms with Crippen molar-refractivity contribution in [1.29, 1.82) is 0 Å². The SMILES string of the molecule is Cc1cccc(C)c1NC(=O)[C@H](C)N1CCC(c2c[nH]c3ccccc23)CC1. The van der Waals surface area contributed by atoms with Crippen molar-refractivity contribution in [2.24, 2.45) is 0 Å². The molecule has 1 aliphatic rings. The standard InChI is InChI=1S/C24H29N3O/c1-16-7-6-8-17(2)23(16)26-24(28)18(3)27-13-11-19(12-14-27)21-15-25-22-10-5-4-9-20(21)22/h4-10,15,18-19,25H,11-14H2,1-3H3,(H,26,28)/t18-/m0/s1. The highest BCUT2D eigenvalue weighted by atomic mass is 16.2. The Hall–Kier alpha value is -2.59. The second kappa shape index (κ2) is 7.80. The van der Waals surface area contributed by atoms with Crippen molar-refractivity contribution < 1.29 is 4.79 Å². The van der Waals surface area contributed by atoms with Gasteiger partial charge >= 0.3 is 0 Å². The molecule has 0 saturated carbocycles. The maximum atomic E-state index is 12.8. The first-order valence-electron chi connectivity index (χ1n) is 10.2. The third-order valence-corrected chi connectivity index (χ3v) is 6.25. The maximum absolute atomic E-state index is 12.8. The van der Waals surface area contributed by atoms with E-state index in [0.29, 0.717) is 5.92 Å². The summed E-state index contributed by atoms with van der Waals surface area (Å²) in [7, 11) is 0. The summed E-state index contributed by atoms with van der Waals surface area (Å²) in [6, 6.07) is 14.5. The van der Waals surface area contributed by atoms with Crippen LogP contribution in [0.4, 0.5) is 5.69 Å². The Morgan fingerprint density at radius 1 is 1.07 bits per heavy atom. The molecule has 0 radical (unpaired) electrons. The van der Waals surface area contributed by atoms with E-state index in [-0.39, 0.29) is 11.9 Å². The number of aromatic nitrogens is 1. The number of likely N-dealkylation sites (tertiary alicyclic amines) is 1. The number of benzene rings is 2. The predicted molar refractivity (Wildman–Crippen MR) is 116 cm³/mol. The molecule has 1 atom stereocenters. The van der Waals surface area contributed by atoms with Crippen molar-refractivity contribution >= 4 is 22.5 Å². The lowest BCUT2D eigenvalue weighted by Crippen LogP contribution is -2.45. The molecule has 1 aromatic heterocycles. The number of amides is 1. The Balaban J connectivity index is 1.40. The van der Waals surface area contributed by atoms with E-state index in [9.17, 15) is 4.79 Å². The third-order valence-electron chi connectivity index (χ3n) is 6.25. The molecule has 0 bridgehead atoms. The molecule has 1 aliphatic heterocycles. The van der Waals surface area contributed by atoms with Crippen molar-refractivity contribution in [1.82, 2.24) is 9.88 Å². The van der Waals surface area contributed by atoms with E-state index in [1.807, 2.05) is 39.0 Å². The smallest absolute Gasteiger partial charge is 0.241 e. The Morgan fingerprint density at radius 2 is 1.75 bits per heavy atom. The molecule has 146 valence electrons. The first-order valence-corrected chi connectivity index (χ1v) is 10.2. The van der Waals surface area contributed by atoms with Crippen LogP contribution in [0.5, 0.6) is 0 Å². The molecular formula is C24H29N3O. The van der Waals surface area contributed by atoms with Crippen molar-refractivity contribution in [3.05, 3.63) is 65.4 Å². The Labute approximate surface area is 166 Å². The minimum absolute atomic E-state index is 0.0861. The number of hydrogen-bond acceptors (Lipinski definition) is 2. The number of nitrogens with one attached hydrogen (secondary N) is 2. The van der Waals surface area contributed by atoms with Gasteiger partial charge in [-0.2, -0.15) is 0 Å². The highest BCUT2D eigenvalue weighted by Crippen LogP contribution is 2.33. The summed E-state index contributed by atoms with van der Waals surface area (Å²) < 4.78 is 0. The lowest BCUT2D eigenvalue weighted by atomic mass is 9.88. The van der Waals surface area contributed by atoms with E-state index >= 15 is 0 Å². The molecule has 2 aromatic carbocycles. The molecule has 0 aliphatic carbocycles. The average molecular weight is 376 g/mol. The number of piperidine rings is 1. The zero-order chi connectivity index (χ0) is 19.7. The largest absolute Gasteiger partial charge is 0.361 e. The Morgan fingerprint density at radius 3 is 2.46 bits per heavy atom. The minimum atomic E-state index is -0.122. The van der Waals surface area contributed by atoms with Crippen LogP contribution in [0.2, 0.25) is 0 Å². The van der Waals surface area contributed by atoms with Gasteiger partial charge in [0, 0.05) is 22.8 Å². The molecule has 4 heteroatoms. The summed E-state index contributed by atoms with van der Waals surface area (Å²) in [5.41, 5.74) is 5.80. The highest BCUT2D eigenvalue weighted by Gasteiger charge is 2.28. The number of H-pyrrole nitrogens is 1. The van der Waals surface area contributed by atoms with E-state index in [4.69, 9.17) is 0 Å². The van der Waals surface area contributed by atoms with Crippen LogP contribution in [0, 0.1) is 13.8 Å². The van der Waals surface area contributed by atoms with Gasteiger partial charge in [0.15, 0.2) is 0 Å². The second-order valence-corrected chi connectivity index (χ2v) is 8.03. The molecule has 1 saturated heterocycles. The zero-order valence-corrected chi connectivity index (χ0v) is 17.0. The fourth-order valence-electron chi connectivity index (χ4n) is 4.43. The molecule has 0 spiro atoms. The molecule has 28 heavy (non-hydrogen) atoms. The number of hydrogen-bond donors (Lipinski definition) is 2. The summed E-state index contributed by atoms with van der Waals surface area (Å²) in [5, 5.41) is 4.49. The van der Waals surface area contributed by atoms with Crippen LogP contribution < -0.4 is 5.32 Å². The Kier molecular flexibility index (Phi) is 5.23. The van der Waals surface area contributed by atoms with Crippen molar-refractivity contribution in [3.63, 3.8) is 0 Å². The van der Waals surface area contributed by atoms with E-state index in [2.05, 4.69) is 45.7 Å². The molecule has 3 aromatic rings. The summed E-state index contributed by atoms with van der Waals surface area (Å²) in [5.74, 6) is 0.643. The van der Waals surface area contributed by atoms with Gasteiger partial charge in [-0.15, -0.1) is 0 Å². The van der Waals surface area contributed by atoms with Gasteiger partial charge in [-0.1, -0.05) is 36.4 Å². The van der Waals surface area contributed by atoms with Gasteiger partial charge in [-0.25, -0.2) is 0 Å². The van der Waals surface area contributed by atoms with Crippen LogP contribution in [0.15, 0.2) is 48.7 Å². The quantitative estimate of drug-likeness (QED) is 0.675. The van der Waals surface area contributed by atoms with E-state index in [1.165, 1.54) is 16.5 Å². The van der Waals surface area contributed by atoms with Gasteiger partial charge < -0.3 is 10.3 Å². The fraction of sp³-hybridized carbons (Fsp3) is 0.375. The van der Waals surface area contributed by atoms with E-state index < -0.39 is 0 Å². The van der Waals surface area contributed by atoms with Gasteiger partial charge in [0.1, 0.15) is 0 Å². The first kappa shape index (κ1) is 18.8. The summed E-state index contributed by atoms with van der Waals surface area (Å²) in [4.78, 5) is 18.6. The van der Waals surface area contributed by atoms with Gasteiger partial charge in [-0.05, 0) is 75.4 Å². The normalized spacial score (nSPS) is 17.0. The van der Waals surface area contributed by atoms with Crippen molar-refractivity contribution in [3.8, 4) is 0 Å². The Bertz CT molecular complexity index is 962. The number of anilines is 1. The molecule has 2 heterocycles. The summed E-state index contributed by atoms with van der Waals surface area (Å²) in [6.45, 7) is 8.01. The predicted octanol–water partition coefficient (Wildman–Crippen LogP) is 4.99. The van der Waals surface area contributed by atoms with Crippen LogP contribution in [0.25, 0.3) is 10.9 Å². The number of nitrogens with zero attached hydrogens (tertiary/aromatic N) is 1. The second-order valence-electron chi connectivity index (χ2n) is 8.03. The molecule has 1 fully saturated rings. The minimum Gasteiger partial charge on any atom is -0.361 e. The monoisotopic (exact) mass is 375 g/mol. The number of carbonyl (C=O) groups is 1. The number of para-hydroxylation sites is 2. The lowest BCUT2D eigenvalue weighted by Gasteiger charge is -2.35. The van der Waals surface area contributed by atoms with Crippen LogP contribution in [0.3, 0.4) is 0 Å². The van der Waals surface area contributed by atoms with Crippen molar-refractivity contribution in [2.75, 3.05) is 18.4 Å². The topological polar surface area (TPSA) is 48.1 Å². The maximum Gasteiger partial charge on any atom is 0.241 e. The number of aromatic amines is 1. The number of fused-ring (bicyclic) bond motifs is 1. The summed E-state index contributed by atoms with van der Waals surface area (Å²) >= 11 is 0. The molecule has 4 rings (SSSR count). The zero-order valence-electron chi connectivity index (χ0n) is 17.0. The molecule has 0 unspecified atom stereocenters. The van der Waals surface area contributed by atoms with Crippen LogP contribution in [0.1, 0.15) is 42.4 Å². The average Bonchev–Trinajstić information content (AvgIpc) is 3.14. The fourth-order valence-corrected chi connectivity index (χ4v) is 4.43. The lowest BCUT2D eigenvalue weighted by molar-refractivity contribution is -0.121. The molecule has 4 nitrogen and oxygen atoms in total. The first-order chi connectivity index (χ1) is 13.5. The van der Waals surface area contributed by atoms with Crippen LogP contribution in [-0.2, 0) is 4.79 Å². The van der Waals surface area contributed by atoms with Crippen LogP contribution in [-0.4, -0.2) is 34.9 Å². The molecular weight excluding hydrogens is 346 g/mol. The highest BCUT2D eigenvalue weighted by molar-refractivity contribution is 5.95. The summed E-state index contributed by atoms with van der Waals surface area (Å²) in [6.07, 6.45) is 4.34. The van der Waals surface area contributed by atoms with E-state index in [1.54, 1.807) is 0 Å². The van der Waals surface area contributed by atoms with Crippen LogP contribution >= 0.6 is 0 Å².